The molecule has 2 aliphatic rings. The Labute approximate surface area is 139 Å². The van der Waals surface area contributed by atoms with Gasteiger partial charge in [-0.2, -0.15) is 0 Å². The van der Waals surface area contributed by atoms with Crippen molar-refractivity contribution in [3.63, 3.8) is 0 Å². The highest BCUT2D eigenvalue weighted by atomic mass is 16.7. The van der Waals surface area contributed by atoms with Crippen LogP contribution < -0.4 is 10.4 Å². The van der Waals surface area contributed by atoms with Crippen LogP contribution in [0.2, 0.25) is 0 Å². The Morgan fingerprint density at radius 2 is 1.83 bits per heavy atom. The molecule has 1 aromatic rings. The van der Waals surface area contributed by atoms with Crippen LogP contribution in [0.15, 0.2) is 18.2 Å². The summed E-state index contributed by atoms with van der Waals surface area (Å²) in [6.45, 7) is 12.0. The first-order valence-corrected chi connectivity index (χ1v) is 8.41. The fraction of sp³-hybridized carbons (Fsp3) is 0.611. The summed E-state index contributed by atoms with van der Waals surface area (Å²) in [6, 6.07) is 6.45. The van der Waals surface area contributed by atoms with Gasteiger partial charge in [-0.3, -0.25) is 4.79 Å². The molecule has 3 rings (SSSR count). The maximum Gasteiger partial charge on any atom is 0.494 e. The zero-order chi connectivity index (χ0) is 17.0. The maximum atomic E-state index is 12.0. The number of hydrogen-bond donors (Lipinski definition) is 0. The molecule has 2 aliphatic heterocycles. The van der Waals surface area contributed by atoms with E-state index in [1.807, 2.05) is 17.0 Å². The average molecular weight is 315 g/mol. The lowest BCUT2D eigenvalue weighted by atomic mass is 9.77. The fourth-order valence-corrected chi connectivity index (χ4v) is 3.38. The summed E-state index contributed by atoms with van der Waals surface area (Å²) in [4.78, 5) is 13.9. The minimum absolute atomic E-state index is 0.0989. The number of hydrogen-bond acceptors (Lipinski definition) is 3. The monoisotopic (exact) mass is 315 g/mol. The van der Waals surface area contributed by atoms with Gasteiger partial charge >= 0.3 is 7.12 Å². The Bertz CT molecular complexity index is 625. The molecule has 5 heteroatoms. The van der Waals surface area contributed by atoms with Gasteiger partial charge in [0.15, 0.2) is 0 Å². The van der Waals surface area contributed by atoms with Crippen LogP contribution in [-0.4, -0.2) is 30.3 Å². The van der Waals surface area contributed by atoms with E-state index in [2.05, 4.69) is 40.7 Å². The number of nitrogens with zero attached hydrogens (tertiary/aromatic N) is 1. The summed E-state index contributed by atoms with van der Waals surface area (Å²) in [5.74, 6) is 0.0989. The van der Waals surface area contributed by atoms with Crippen LogP contribution in [0.4, 0.5) is 5.69 Å². The molecule has 1 fully saturated rings. The summed E-state index contributed by atoms with van der Waals surface area (Å²) in [6.07, 6.45) is 1.97. The highest BCUT2D eigenvalue weighted by Gasteiger charge is 2.51. The van der Waals surface area contributed by atoms with Gasteiger partial charge in [-0.15, -0.1) is 0 Å². The van der Waals surface area contributed by atoms with E-state index in [0.717, 1.165) is 24.0 Å². The Hall–Kier alpha value is -1.33. The number of carbonyl (C=O) groups excluding carboxylic acids is 1. The molecule has 2 heterocycles. The lowest BCUT2D eigenvalue weighted by molar-refractivity contribution is -0.117. The second-order valence-corrected chi connectivity index (χ2v) is 7.75. The lowest BCUT2D eigenvalue weighted by Gasteiger charge is -2.35. The number of amides is 1. The molecule has 1 atom stereocenters. The summed E-state index contributed by atoms with van der Waals surface area (Å²) in [5.41, 5.74) is 2.57. The third-order valence-corrected chi connectivity index (χ3v) is 5.50. The van der Waals surface area contributed by atoms with Crippen LogP contribution in [0.1, 0.15) is 53.5 Å². The topological polar surface area (TPSA) is 38.8 Å². The van der Waals surface area contributed by atoms with Crippen molar-refractivity contribution in [2.75, 3.05) is 4.90 Å². The van der Waals surface area contributed by atoms with Crippen molar-refractivity contribution in [3.8, 4) is 0 Å². The number of rotatable bonds is 1. The number of fused-ring (bicyclic) bond motifs is 1. The second-order valence-electron chi connectivity index (χ2n) is 7.75. The van der Waals surface area contributed by atoms with Crippen LogP contribution in [0, 0.1) is 0 Å². The normalized spacial score (nSPS) is 25.4. The van der Waals surface area contributed by atoms with Gasteiger partial charge < -0.3 is 14.2 Å². The van der Waals surface area contributed by atoms with Crippen LogP contribution in [-0.2, 0) is 20.5 Å². The van der Waals surface area contributed by atoms with Crippen LogP contribution in [0.25, 0.3) is 0 Å². The smallest absolute Gasteiger partial charge is 0.399 e. The summed E-state index contributed by atoms with van der Waals surface area (Å²) >= 11 is 0. The lowest BCUT2D eigenvalue weighted by Crippen LogP contribution is -2.42. The van der Waals surface area contributed by atoms with E-state index < -0.39 is 0 Å². The molecule has 0 saturated carbocycles. The van der Waals surface area contributed by atoms with E-state index in [4.69, 9.17) is 9.31 Å². The minimum atomic E-state index is -0.351. The molecule has 0 radical (unpaired) electrons. The Kier molecular flexibility index (Phi) is 3.85. The molecule has 0 N–H and O–H groups in total. The molecule has 124 valence electrons. The molecule has 1 saturated heterocycles. The Morgan fingerprint density at radius 1 is 1.22 bits per heavy atom. The zero-order valence-corrected chi connectivity index (χ0v) is 15.0. The van der Waals surface area contributed by atoms with E-state index in [-0.39, 0.29) is 30.3 Å². The van der Waals surface area contributed by atoms with Gasteiger partial charge in [0.1, 0.15) is 0 Å². The van der Waals surface area contributed by atoms with Gasteiger partial charge in [0.05, 0.1) is 11.2 Å². The molecular weight excluding hydrogens is 289 g/mol. The van der Waals surface area contributed by atoms with Crippen LogP contribution >= 0.6 is 0 Å². The van der Waals surface area contributed by atoms with Gasteiger partial charge in [-0.05, 0) is 64.6 Å². The third kappa shape index (κ3) is 2.70. The minimum Gasteiger partial charge on any atom is -0.399 e. The molecular formula is C18H26BNO3. The van der Waals surface area contributed by atoms with Crippen molar-refractivity contribution in [1.82, 2.24) is 0 Å². The second kappa shape index (κ2) is 5.35. The number of carbonyl (C=O) groups is 1. The number of aryl methyl sites for hydroxylation is 1. The predicted molar refractivity (Wildman–Crippen MR) is 93.1 cm³/mol. The summed E-state index contributed by atoms with van der Waals surface area (Å²) in [5, 5.41) is 0. The van der Waals surface area contributed by atoms with Crippen molar-refractivity contribution in [3.05, 3.63) is 23.8 Å². The predicted octanol–water partition coefficient (Wildman–Crippen LogP) is 2.67. The Balaban J connectivity index is 1.92. The van der Waals surface area contributed by atoms with Gasteiger partial charge in [-0.25, -0.2) is 0 Å². The maximum absolute atomic E-state index is 12.0. The van der Waals surface area contributed by atoms with Crippen molar-refractivity contribution in [2.24, 2.45) is 0 Å². The van der Waals surface area contributed by atoms with E-state index in [1.54, 1.807) is 6.92 Å². The van der Waals surface area contributed by atoms with Gasteiger partial charge in [-0.1, -0.05) is 12.1 Å². The molecule has 0 aromatic heterocycles. The highest BCUT2D eigenvalue weighted by Crippen LogP contribution is 2.37. The summed E-state index contributed by atoms with van der Waals surface area (Å²) < 4.78 is 12.3. The Morgan fingerprint density at radius 3 is 2.39 bits per heavy atom. The first-order valence-electron chi connectivity index (χ1n) is 8.41. The average Bonchev–Trinajstić information content (AvgIpc) is 2.66. The van der Waals surface area contributed by atoms with Crippen molar-refractivity contribution in [2.45, 2.75) is 71.6 Å². The van der Waals surface area contributed by atoms with Gasteiger partial charge in [0.2, 0.25) is 5.91 Å². The molecule has 4 nitrogen and oxygen atoms in total. The fourth-order valence-electron chi connectivity index (χ4n) is 3.38. The molecule has 1 aromatic carbocycles. The number of anilines is 1. The van der Waals surface area contributed by atoms with Crippen molar-refractivity contribution >= 4 is 24.2 Å². The molecule has 23 heavy (non-hydrogen) atoms. The largest absolute Gasteiger partial charge is 0.494 e. The van der Waals surface area contributed by atoms with Gasteiger partial charge in [0.25, 0.3) is 0 Å². The molecule has 0 spiro atoms. The molecule has 0 unspecified atom stereocenters. The van der Waals surface area contributed by atoms with E-state index in [0.29, 0.717) is 0 Å². The van der Waals surface area contributed by atoms with E-state index in [9.17, 15) is 4.79 Å². The quantitative estimate of drug-likeness (QED) is 0.748. The van der Waals surface area contributed by atoms with E-state index in [1.165, 1.54) is 5.56 Å². The SMILES string of the molecule is CC(=O)N1c2ccc(B3OC(C)(C)C(C)(C)O3)cc2CC[C@@H]1C. The molecule has 0 bridgehead atoms. The van der Waals surface area contributed by atoms with Crippen LogP contribution in [0.3, 0.4) is 0 Å². The van der Waals surface area contributed by atoms with Gasteiger partial charge in [0, 0.05) is 18.7 Å². The first kappa shape index (κ1) is 16.5. The number of benzene rings is 1. The first-order chi connectivity index (χ1) is 10.6. The highest BCUT2D eigenvalue weighted by molar-refractivity contribution is 6.62. The van der Waals surface area contributed by atoms with Crippen molar-refractivity contribution < 1.29 is 14.1 Å². The van der Waals surface area contributed by atoms with Crippen LogP contribution in [0.5, 0.6) is 0 Å². The third-order valence-electron chi connectivity index (χ3n) is 5.50. The van der Waals surface area contributed by atoms with Crippen molar-refractivity contribution in [1.29, 1.82) is 0 Å². The molecule has 0 aliphatic carbocycles. The zero-order valence-electron chi connectivity index (χ0n) is 15.0. The summed E-state index contributed by atoms with van der Waals surface area (Å²) in [7, 11) is -0.351. The van der Waals surface area contributed by atoms with E-state index >= 15 is 0 Å². The standard InChI is InChI=1S/C18H26BNO3/c1-12-7-8-14-11-15(9-10-16(14)20(12)13(2)21)19-22-17(3,4)18(5,6)23-19/h9-12H,7-8H2,1-6H3/t12-/m0/s1. The molecule has 1 amide bonds.